The maximum absolute atomic E-state index is 12.5. The van der Waals surface area contributed by atoms with Crippen molar-refractivity contribution >= 4 is 29.1 Å². The van der Waals surface area contributed by atoms with Crippen LogP contribution in [0.25, 0.3) is 0 Å². The summed E-state index contributed by atoms with van der Waals surface area (Å²) in [6.45, 7) is 4.37. The number of hydrogen-bond donors (Lipinski definition) is 2. The molecule has 1 aliphatic heterocycles. The maximum Gasteiger partial charge on any atom is 0.248 e. The van der Waals surface area contributed by atoms with Gasteiger partial charge in [0.25, 0.3) is 0 Å². The van der Waals surface area contributed by atoms with Crippen LogP contribution in [0.3, 0.4) is 0 Å². The van der Waals surface area contributed by atoms with Crippen molar-refractivity contribution in [3.63, 3.8) is 0 Å². The normalized spacial score (nSPS) is 16.6. The third kappa shape index (κ3) is 3.59. The molecule has 3 N–H and O–H groups in total. The topological polar surface area (TPSA) is 92.5 Å². The van der Waals surface area contributed by atoms with E-state index in [-0.39, 0.29) is 18.2 Å². The van der Waals surface area contributed by atoms with E-state index in [4.69, 9.17) is 5.73 Å². The van der Waals surface area contributed by atoms with Gasteiger partial charge in [0, 0.05) is 29.9 Å². The Kier molecular flexibility index (Phi) is 4.75. The molecule has 1 saturated heterocycles. The number of benzene rings is 2. The van der Waals surface area contributed by atoms with Gasteiger partial charge in [0.05, 0.1) is 5.92 Å². The van der Waals surface area contributed by atoms with Crippen LogP contribution in [0.15, 0.2) is 42.5 Å². The summed E-state index contributed by atoms with van der Waals surface area (Å²) in [5.41, 5.74) is 9.23. The van der Waals surface area contributed by atoms with Crippen molar-refractivity contribution in [2.75, 3.05) is 16.8 Å². The van der Waals surface area contributed by atoms with Crippen LogP contribution in [0.1, 0.15) is 27.9 Å². The van der Waals surface area contributed by atoms with E-state index in [9.17, 15) is 14.4 Å². The minimum absolute atomic E-state index is 0.0579. The Morgan fingerprint density at radius 3 is 2.38 bits per heavy atom. The Labute approximate surface area is 152 Å². The average Bonchev–Trinajstić information content (AvgIpc) is 3.00. The molecule has 1 fully saturated rings. The molecule has 0 aromatic heterocycles. The van der Waals surface area contributed by atoms with Crippen molar-refractivity contribution in [1.29, 1.82) is 0 Å². The van der Waals surface area contributed by atoms with Crippen LogP contribution in [0.4, 0.5) is 11.4 Å². The van der Waals surface area contributed by atoms with E-state index in [0.717, 1.165) is 16.8 Å². The SMILES string of the molecule is Cc1ccc(N2C[C@@H](C(=O)Nc3ccc(C(N)=O)cc3)CC2=O)cc1C. The minimum Gasteiger partial charge on any atom is -0.366 e. The molecule has 0 bridgehead atoms. The molecule has 0 spiro atoms. The molecule has 0 aliphatic carbocycles. The number of amides is 3. The van der Waals surface area contributed by atoms with Gasteiger partial charge in [-0.2, -0.15) is 0 Å². The number of primary amides is 1. The van der Waals surface area contributed by atoms with Gasteiger partial charge in [-0.1, -0.05) is 6.07 Å². The molecule has 6 nitrogen and oxygen atoms in total. The standard InChI is InChI=1S/C20H21N3O3/c1-12-3-8-17(9-13(12)2)23-11-15(10-18(23)24)20(26)22-16-6-4-14(5-7-16)19(21)25/h3-9,15H,10-11H2,1-2H3,(H2,21,25)(H,22,26)/t15-/m0/s1. The van der Waals surface area contributed by atoms with E-state index in [1.165, 1.54) is 0 Å². The average molecular weight is 351 g/mol. The zero-order valence-corrected chi connectivity index (χ0v) is 14.8. The highest BCUT2D eigenvalue weighted by molar-refractivity contribution is 6.03. The number of aryl methyl sites for hydroxylation is 2. The lowest BCUT2D eigenvalue weighted by atomic mass is 10.1. The highest BCUT2D eigenvalue weighted by atomic mass is 16.2. The third-order valence-electron chi connectivity index (χ3n) is 4.73. The van der Waals surface area contributed by atoms with E-state index >= 15 is 0 Å². The lowest BCUT2D eigenvalue weighted by Crippen LogP contribution is -2.28. The molecule has 1 heterocycles. The fraction of sp³-hybridized carbons (Fsp3) is 0.250. The Morgan fingerprint density at radius 2 is 1.77 bits per heavy atom. The van der Waals surface area contributed by atoms with Gasteiger partial charge in [-0.3, -0.25) is 14.4 Å². The van der Waals surface area contributed by atoms with Gasteiger partial charge in [-0.25, -0.2) is 0 Å². The largest absolute Gasteiger partial charge is 0.366 e. The van der Waals surface area contributed by atoms with Gasteiger partial charge in [0.1, 0.15) is 0 Å². The number of rotatable bonds is 4. The molecule has 2 aromatic carbocycles. The zero-order chi connectivity index (χ0) is 18.8. The van der Waals surface area contributed by atoms with Gasteiger partial charge in [-0.15, -0.1) is 0 Å². The molecule has 6 heteroatoms. The number of nitrogens with one attached hydrogen (secondary N) is 1. The predicted octanol–water partition coefficient (Wildman–Crippen LogP) is 2.39. The molecule has 1 aliphatic rings. The first-order valence-electron chi connectivity index (χ1n) is 8.43. The Balaban J connectivity index is 1.68. The van der Waals surface area contributed by atoms with Crippen LogP contribution in [-0.4, -0.2) is 24.3 Å². The number of nitrogens with zero attached hydrogens (tertiary/aromatic N) is 1. The molecule has 0 saturated carbocycles. The number of anilines is 2. The summed E-state index contributed by atoms with van der Waals surface area (Å²) in [6.07, 6.45) is 0.179. The zero-order valence-electron chi connectivity index (χ0n) is 14.8. The van der Waals surface area contributed by atoms with Crippen molar-refractivity contribution in [1.82, 2.24) is 0 Å². The van der Waals surface area contributed by atoms with E-state index in [0.29, 0.717) is 17.8 Å². The van der Waals surface area contributed by atoms with Gasteiger partial charge < -0.3 is 16.0 Å². The number of hydrogen-bond acceptors (Lipinski definition) is 3. The molecular formula is C20H21N3O3. The lowest BCUT2D eigenvalue weighted by molar-refractivity contribution is -0.122. The van der Waals surface area contributed by atoms with Crippen LogP contribution in [0, 0.1) is 19.8 Å². The highest BCUT2D eigenvalue weighted by Crippen LogP contribution is 2.27. The number of nitrogens with two attached hydrogens (primary N) is 1. The summed E-state index contributed by atoms with van der Waals surface area (Å²) < 4.78 is 0. The van der Waals surface area contributed by atoms with Crippen LogP contribution < -0.4 is 16.0 Å². The monoisotopic (exact) mass is 351 g/mol. The summed E-state index contributed by atoms with van der Waals surface area (Å²) in [5, 5.41) is 2.79. The quantitative estimate of drug-likeness (QED) is 0.886. The maximum atomic E-state index is 12.5. The molecule has 3 rings (SSSR count). The first-order valence-corrected chi connectivity index (χ1v) is 8.43. The fourth-order valence-corrected chi connectivity index (χ4v) is 2.99. The Hall–Kier alpha value is -3.15. The molecule has 134 valence electrons. The molecule has 0 radical (unpaired) electrons. The molecule has 26 heavy (non-hydrogen) atoms. The van der Waals surface area contributed by atoms with Crippen molar-refractivity contribution < 1.29 is 14.4 Å². The van der Waals surface area contributed by atoms with Crippen molar-refractivity contribution in [3.8, 4) is 0 Å². The summed E-state index contributed by atoms with van der Waals surface area (Å²) in [7, 11) is 0. The first kappa shape index (κ1) is 17.7. The van der Waals surface area contributed by atoms with E-state index < -0.39 is 11.8 Å². The molecular weight excluding hydrogens is 330 g/mol. The number of carbonyl (C=O) groups is 3. The van der Waals surface area contributed by atoms with Gasteiger partial charge in [-0.05, 0) is 61.4 Å². The van der Waals surface area contributed by atoms with Crippen LogP contribution >= 0.6 is 0 Å². The van der Waals surface area contributed by atoms with Crippen molar-refractivity contribution in [2.45, 2.75) is 20.3 Å². The molecule has 3 amide bonds. The highest BCUT2D eigenvalue weighted by Gasteiger charge is 2.35. The second kappa shape index (κ2) is 7.00. The first-order chi connectivity index (χ1) is 12.3. The fourth-order valence-electron chi connectivity index (χ4n) is 2.99. The van der Waals surface area contributed by atoms with Gasteiger partial charge in [0.2, 0.25) is 17.7 Å². The second-order valence-corrected chi connectivity index (χ2v) is 6.60. The minimum atomic E-state index is -0.520. The smallest absolute Gasteiger partial charge is 0.248 e. The van der Waals surface area contributed by atoms with Crippen molar-refractivity contribution in [2.24, 2.45) is 11.7 Å². The van der Waals surface area contributed by atoms with E-state index in [1.807, 2.05) is 32.0 Å². The molecule has 2 aromatic rings. The predicted molar refractivity (Wildman–Crippen MR) is 100.0 cm³/mol. The lowest BCUT2D eigenvalue weighted by Gasteiger charge is -2.18. The van der Waals surface area contributed by atoms with E-state index in [1.54, 1.807) is 29.2 Å². The van der Waals surface area contributed by atoms with Crippen LogP contribution in [0.5, 0.6) is 0 Å². The summed E-state index contributed by atoms with van der Waals surface area (Å²) >= 11 is 0. The van der Waals surface area contributed by atoms with Crippen molar-refractivity contribution in [3.05, 3.63) is 59.2 Å². The third-order valence-corrected chi connectivity index (χ3v) is 4.73. The summed E-state index contributed by atoms with van der Waals surface area (Å²) in [6, 6.07) is 12.2. The van der Waals surface area contributed by atoms with Crippen LogP contribution in [0.2, 0.25) is 0 Å². The van der Waals surface area contributed by atoms with E-state index in [2.05, 4.69) is 5.32 Å². The Bertz CT molecular complexity index is 874. The Morgan fingerprint density at radius 1 is 1.08 bits per heavy atom. The summed E-state index contributed by atoms with van der Waals surface area (Å²) in [4.78, 5) is 37.6. The van der Waals surface area contributed by atoms with Gasteiger partial charge in [0.15, 0.2) is 0 Å². The number of carbonyl (C=O) groups excluding carboxylic acids is 3. The van der Waals surface area contributed by atoms with Gasteiger partial charge >= 0.3 is 0 Å². The van der Waals surface area contributed by atoms with Crippen LogP contribution in [-0.2, 0) is 9.59 Å². The summed E-state index contributed by atoms with van der Waals surface area (Å²) in [5.74, 6) is -1.21. The molecule has 1 atom stereocenters. The molecule has 0 unspecified atom stereocenters. The second-order valence-electron chi connectivity index (χ2n) is 6.60.